The van der Waals surface area contributed by atoms with Crippen LogP contribution in [0.15, 0.2) is 24.4 Å². The van der Waals surface area contributed by atoms with Crippen LogP contribution in [0.5, 0.6) is 0 Å². The third kappa shape index (κ3) is 1.35. The van der Waals surface area contributed by atoms with Gasteiger partial charge in [-0.15, -0.1) is 0 Å². The number of aryl methyl sites for hydroxylation is 1. The summed E-state index contributed by atoms with van der Waals surface area (Å²) in [7, 11) is 0. The minimum absolute atomic E-state index is 0.0224. The highest BCUT2D eigenvalue weighted by molar-refractivity contribution is 5.70. The quantitative estimate of drug-likeness (QED) is 0.775. The maximum atomic E-state index is 10.6. The fourth-order valence-corrected chi connectivity index (χ4v) is 1.58. The first-order valence-corrected chi connectivity index (χ1v) is 4.32. The van der Waals surface area contributed by atoms with Crippen LogP contribution in [-0.2, 0) is 11.2 Å². The second kappa shape index (κ2) is 3.14. The molecule has 0 aliphatic carbocycles. The standard InChI is InChI=1S/C10H10N2O2/c1-7-11-6-9-4-2-3-8(12(7)9)5-10(13)14/h2-4,6H,5H2,1H3,(H,13,14). The maximum absolute atomic E-state index is 10.6. The molecule has 0 bridgehead atoms. The number of rotatable bonds is 2. The van der Waals surface area contributed by atoms with E-state index in [-0.39, 0.29) is 6.42 Å². The Labute approximate surface area is 80.8 Å². The molecule has 0 atom stereocenters. The molecule has 0 aliphatic heterocycles. The Bertz CT molecular complexity index is 488. The summed E-state index contributed by atoms with van der Waals surface area (Å²) in [5.41, 5.74) is 1.69. The first-order chi connectivity index (χ1) is 6.68. The van der Waals surface area contributed by atoms with E-state index < -0.39 is 5.97 Å². The van der Waals surface area contributed by atoms with Crippen molar-refractivity contribution in [2.45, 2.75) is 13.3 Å². The lowest BCUT2D eigenvalue weighted by atomic mass is 10.2. The lowest BCUT2D eigenvalue weighted by Gasteiger charge is -2.03. The molecule has 0 amide bonds. The van der Waals surface area contributed by atoms with Gasteiger partial charge in [0.2, 0.25) is 0 Å². The number of hydrogen-bond donors (Lipinski definition) is 1. The number of aromatic nitrogens is 2. The molecule has 2 aromatic heterocycles. The highest BCUT2D eigenvalue weighted by Gasteiger charge is 2.06. The van der Waals surface area contributed by atoms with E-state index in [4.69, 9.17) is 5.11 Å². The molecule has 2 rings (SSSR count). The van der Waals surface area contributed by atoms with Gasteiger partial charge in [0.1, 0.15) is 5.82 Å². The van der Waals surface area contributed by atoms with E-state index in [2.05, 4.69) is 4.98 Å². The van der Waals surface area contributed by atoms with Crippen LogP contribution in [0, 0.1) is 6.92 Å². The fraction of sp³-hybridized carbons (Fsp3) is 0.200. The van der Waals surface area contributed by atoms with Gasteiger partial charge >= 0.3 is 5.97 Å². The first kappa shape index (κ1) is 8.74. The van der Waals surface area contributed by atoms with Crippen molar-refractivity contribution in [3.63, 3.8) is 0 Å². The predicted molar refractivity (Wildman–Crippen MR) is 51.3 cm³/mol. The highest BCUT2D eigenvalue weighted by Crippen LogP contribution is 2.10. The molecule has 0 radical (unpaired) electrons. The van der Waals surface area contributed by atoms with Crippen molar-refractivity contribution in [2.75, 3.05) is 0 Å². The number of carboxylic acids is 1. The molecule has 0 spiro atoms. The van der Waals surface area contributed by atoms with Gasteiger partial charge in [0.15, 0.2) is 0 Å². The monoisotopic (exact) mass is 190 g/mol. The van der Waals surface area contributed by atoms with Gasteiger partial charge in [-0.1, -0.05) is 6.07 Å². The average Bonchev–Trinajstić information content (AvgIpc) is 2.48. The Kier molecular flexibility index (Phi) is 1.96. The number of nitrogens with zero attached hydrogens (tertiary/aromatic N) is 2. The molecule has 0 aliphatic rings. The van der Waals surface area contributed by atoms with Crippen molar-refractivity contribution in [1.82, 2.24) is 9.38 Å². The first-order valence-electron chi connectivity index (χ1n) is 4.32. The molecule has 0 fully saturated rings. The summed E-state index contributed by atoms with van der Waals surface area (Å²) in [6.07, 6.45) is 1.76. The zero-order valence-electron chi connectivity index (χ0n) is 7.77. The van der Waals surface area contributed by atoms with E-state index in [1.165, 1.54) is 0 Å². The normalized spacial score (nSPS) is 10.6. The van der Waals surface area contributed by atoms with Gasteiger partial charge < -0.3 is 9.51 Å². The van der Waals surface area contributed by atoms with E-state index in [9.17, 15) is 4.79 Å². The van der Waals surface area contributed by atoms with E-state index >= 15 is 0 Å². The molecule has 0 saturated carbocycles. The van der Waals surface area contributed by atoms with Crippen LogP contribution in [0.25, 0.3) is 5.52 Å². The van der Waals surface area contributed by atoms with Gasteiger partial charge in [0.25, 0.3) is 0 Å². The van der Waals surface area contributed by atoms with Gasteiger partial charge in [-0.3, -0.25) is 4.79 Å². The number of carboxylic acid groups (broad SMARTS) is 1. The van der Waals surface area contributed by atoms with Gasteiger partial charge in [0.05, 0.1) is 18.1 Å². The maximum Gasteiger partial charge on any atom is 0.309 e. The minimum Gasteiger partial charge on any atom is -0.481 e. The lowest BCUT2D eigenvalue weighted by Crippen LogP contribution is -2.06. The zero-order chi connectivity index (χ0) is 10.1. The summed E-state index contributed by atoms with van der Waals surface area (Å²) in [4.78, 5) is 14.7. The number of hydrogen-bond acceptors (Lipinski definition) is 2. The summed E-state index contributed by atoms with van der Waals surface area (Å²) >= 11 is 0. The zero-order valence-corrected chi connectivity index (χ0v) is 7.77. The van der Waals surface area contributed by atoms with Crippen LogP contribution in [-0.4, -0.2) is 20.5 Å². The lowest BCUT2D eigenvalue weighted by molar-refractivity contribution is -0.136. The molecule has 14 heavy (non-hydrogen) atoms. The number of aliphatic carboxylic acids is 1. The SMILES string of the molecule is Cc1ncc2cccc(CC(=O)O)n12. The van der Waals surface area contributed by atoms with Crippen LogP contribution in [0.1, 0.15) is 11.5 Å². The molecule has 0 unspecified atom stereocenters. The third-order valence-electron chi connectivity index (χ3n) is 2.14. The van der Waals surface area contributed by atoms with Crippen molar-refractivity contribution in [2.24, 2.45) is 0 Å². The number of fused-ring (bicyclic) bond motifs is 1. The van der Waals surface area contributed by atoms with Crippen LogP contribution in [0.2, 0.25) is 0 Å². The van der Waals surface area contributed by atoms with Crippen LogP contribution < -0.4 is 0 Å². The van der Waals surface area contributed by atoms with Crippen LogP contribution in [0.3, 0.4) is 0 Å². The third-order valence-corrected chi connectivity index (χ3v) is 2.14. The summed E-state index contributed by atoms with van der Waals surface area (Å²) in [5.74, 6) is -0.0116. The Morgan fingerprint density at radius 3 is 3.07 bits per heavy atom. The van der Waals surface area contributed by atoms with E-state index in [0.29, 0.717) is 0 Å². The van der Waals surface area contributed by atoms with Crippen LogP contribution in [0.4, 0.5) is 0 Å². The Morgan fingerprint density at radius 2 is 2.36 bits per heavy atom. The van der Waals surface area contributed by atoms with Gasteiger partial charge in [0, 0.05) is 5.69 Å². The summed E-state index contributed by atoms with van der Waals surface area (Å²) in [6.45, 7) is 1.86. The second-order valence-corrected chi connectivity index (χ2v) is 3.15. The number of carbonyl (C=O) groups is 1. The fourth-order valence-electron chi connectivity index (χ4n) is 1.58. The van der Waals surface area contributed by atoms with E-state index in [0.717, 1.165) is 17.0 Å². The van der Waals surface area contributed by atoms with Crippen molar-refractivity contribution in [3.05, 3.63) is 35.9 Å². The Hall–Kier alpha value is -1.84. The van der Waals surface area contributed by atoms with Crippen molar-refractivity contribution in [3.8, 4) is 0 Å². The smallest absolute Gasteiger partial charge is 0.309 e. The van der Waals surface area contributed by atoms with Gasteiger partial charge in [-0.05, 0) is 19.1 Å². The largest absolute Gasteiger partial charge is 0.481 e. The second-order valence-electron chi connectivity index (χ2n) is 3.15. The molecule has 0 saturated heterocycles. The van der Waals surface area contributed by atoms with Crippen molar-refractivity contribution in [1.29, 1.82) is 0 Å². The number of pyridine rings is 1. The van der Waals surface area contributed by atoms with E-state index in [1.807, 2.05) is 23.5 Å². The Balaban J connectivity index is 2.63. The molecule has 2 heterocycles. The number of imidazole rings is 1. The molecule has 1 N–H and O–H groups in total. The predicted octanol–water partition coefficient (Wildman–Crippen LogP) is 1.27. The highest BCUT2D eigenvalue weighted by atomic mass is 16.4. The van der Waals surface area contributed by atoms with Crippen molar-refractivity contribution >= 4 is 11.5 Å². The minimum atomic E-state index is -0.828. The summed E-state index contributed by atoms with van der Waals surface area (Å²) < 4.78 is 1.86. The summed E-state index contributed by atoms with van der Waals surface area (Å²) in [5, 5.41) is 8.72. The molecule has 0 aromatic carbocycles. The molecule has 4 heteroatoms. The molecular formula is C10H10N2O2. The Morgan fingerprint density at radius 1 is 1.57 bits per heavy atom. The van der Waals surface area contributed by atoms with Gasteiger partial charge in [-0.2, -0.15) is 0 Å². The van der Waals surface area contributed by atoms with Crippen molar-refractivity contribution < 1.29 is 9.90 Å². The van der Waals surface area contributed by atoms with Gasteiger partial charge in [-0.25, -0.2) is 4.98 Å². The van der Waals surface area contributed by atoms with E-state index in [1.54, 1.807) is 12.3 Å². The molecule has 72 valence electrons. The topological polar surface area (TPSA) is 54.6 Å². The van der Waals surface area contributed by atoms with Crippen LogP contribution >= 0.6 is 0 Å². The summed E-state index contributed by atoms with van der Waals surface area (Å²) in [6, 6.07) is 5.55. The molecule has 4 nitrogen and oxygen atoms in total. The average molecular weight is 190 g/mol. The molecular weight excluding hydrogens is 180 g/mol. The molecule has 2 aromatic rings.